The first-order valence-corrected chi connectivity index (χ1v) is 9.81. The number of hydrogen-bond donors (Lipinski definition) is 2. The summed E-state index contributed by atoms with van der Waals surface area (Å²) in [6.07, 6.45) is 4.90. The van der Waals surface area contributed by atoms with Gasteiger partial charge in [-0.05, 0) is 36.2 Å². The van der Waals surface area contributed by atoms with Crippen molar-refractivity contribution in [2.75, 3.05) is 11.9 Å². The zero-order chi connectivity index (χ0) is 19.8. The van der Waals surface area contributed by atoms with Gasteiger partial charge in [0, 0.05) is 17.6 Å². The number of fused-ring (bicyclic) bond motifs is 1. The monoisotopic (exact) mass is 378 g/mol. The Balaban J connectivity index is 1.49. The molecule has 5 nitrogen and oxygen atoms in total. The zero-order valence-electron chi connectivity index (χ0n) is 16.2. The van der Waals surface area contributed by atoms with Crippen LogP contribution >= 0.6 is 0 Å². The molecule has 2 aromatic carbocycles. The lowest BCUT2D eigenvalue weighted by atomic mass is 10.1. The van der Waals surface area contributed by atoms with E-state index >= 15 is 0 Å². The van der Waals surface area contributed by atoms with Crippen molar-refractivity contribution in [2.45, 2.75) is 39.0 Å². The van der Waals surface area contributed by atoms with Gasteiger partial charge in [0.25, 0.3) is 5.91 Å². The Morgan fingerprint density at radius 1 is 0.964 bits per heavy atom. The van der Waals surface area contributed by atoms with E-state index in [1.807, 2.05) is 36.4 Å². The lowest BCUT2D eigenvalue weighted by Gasteiger charge is -2.07. The number of hydrogen-bond acceptors (Lipinski definition) is 3. The fourth-order valence-electron chi connectivity index (χ4n) is 3.02. The molecule has 0 aliphatic rings. The van der Waals surface area contributed by atoms with Gasteiger partial charge in [-0.3, -0.25) is 9.59 Å². The van der Waals surface area contributed by atoms with Crippen LogP contribution in [0.4, 0.5) is 5.69 Å². The highest BCUT2D eigenvalue weighted by molar-refractivity contribution is 6.04. The number of carbonyl (C=O) groups is 2. The van der Waals surface area contributed by atoms with Crippen molar-refractivity contribution in [2.24, 2.45) is 0 Å². The molecule has 0 atom stereocenters. The Labute approximate surface area is 165 Å². The van der Waals surface area contributed by atoms with E-state index in [1.54, 1.807) is 18.2 Å². The van der Waals surface area contributed by atoms with Gasteiger partial charge in [-0.1, -0.05) is 56.5 Å². The number of rotatable bonds is 9. The van der Waals surface area contributed by atoms with Gasteiger partial charge in [-0.2, -0.15) is 0 Å². The molecule has 0 aliphatic carbocycles. The Morgan fingerprint density at radius 2 is 1.75 bits per heavy atom. The van der Waals surface area contributed by atoms with Crippen molar-refractivity contribution in [1.29, 1.82) is 0 Å². The smallest absolute Gasteiger partial charge is 0.291 e. The fraction of sp³-hybridized carbons (Fsp3) is 0.304. The summed E-state index contributed by atoms with van der Waals surface area (Å²) >= 11 is 0. The Kier molecular flexibility index (Phi) is 6.84. The fourth-order valence-corrected chi connectivity index (χ4v) is 3.02. The van der Waals surface area contributed by atoms with Crippen LogP contribution in [0.3, 0.4) is 0 Å². The van der Waals surface area contributed by atoms with Gasteiger partial charge in [-0.15, -0.1) is 0 Å². The summed E-state index contributed by atoms with van der Waals surface area (Å²) < 4.78 is 5.58. The number of para-hydroxylation sites is 1. The first-order valence-electron chi connectivity index (χ1n) is 9.81. The third-order valence-electron chi connectivity index (χ3n) is 4.58. The maximum atomic E-state index is 12.4. The van der Waals surface area contributed by atoms with Crippen molar-refractivity contribution >= 4 is 28.5 Å². The zero-order valence-corrected chi connectivity index (χ0v) is 16.2. The molecule has 0 fully saturated rings. The van der Waals surface area contributed by atoms with Crippen molar-refractivity contribution in [3.05, 3.63) is 65.9 Å². The Morgan fingerprint density at radius 3 is 2.50 bits per heavy atom. The van der Waals surface area contributed by atoms with Crippen LogP contribution < -0.4 is 10.6 Å². The van der Waals surface area contributed by atoms with Crippen LogP contribution in [0.15, 0.2) is 59.0 Å². The number of furan rings is 1. The SMILES string of the molecule is CCCCCCNC(=O)Cc1ccc(NC(=O)c2cc3ccccc3o2)cc1. The Hall–Kier alpha value is -3.08. The second kappa shape index (κ2) is 9.74. The van der Waals surface area contributed by atoms with E-state index in [4.69, 9.17) is 4.42 Å². The van der Waals surface area contributed by atoms with E-state index in [2.05, 4.69) is 17.6 Å². The van der Waals surface area contributed by atoms with Crippen LogP contribution in [0, 0.1) is 0 Å². The van der Waals surface area contributed by atoms with Crippen molar-refractivity contribution in [3.63, 3.8) is 0 Å². The van der Waals surface area contributed by atoms with Gasteiger partial charge in [0.1, 0.15) is 5.58 Å². The number of amides is 2. The van der Waals surface area contributed by atoms with Crippen LogP contribution in [-0.2, 0) is 11.2 Å². The second-order valence-corrected chi connectivity index (χ2v) is 6.89. The van der Waals surface area contributed by atoms with E-state index in [9.17, 15) is 9.59 Å². The molecule has 0 saturated carbocycles. The summed E-state index contributed by atoms with van der Waals surface area (Å²) in [7, 11) is 0. The third kappa shape index (κ3) is 5.46. The molecule has 5 heteroatoms. The molecule has 3 rings (SSSR count). The first-order chi connectivity index (χ1) is 13.7. The van der Waals surface area contributed by atoms with E-state index in [1.165, 1.54) is 12.8 Å². The molecule has 0 spiro atoms. The maximum Gasteiger partial charge on any atom is 0.291 e. The molecule has 146 valence electrons. The average Bonchev–Trinajstić information content (AvgIpc) is 3.14. The standard InChI is InChI=1S/C23H26N2O3/c1-2-3-4-7-14-24-22(26)15-17-10-12-19(13-11-17)25-23(27)21-16-18-8-5-6-9-20(18)28-21/h5-6,8-13,16H,2-4,7,14-15H2,1H3,(H,24,26)(H,25,27). The number of benzene rings is 2. The summed E-state index contributed by atoms with van der Waals surface area (Å²) in [4.78, 5) is 24.4. The number of anilines is 1. The van der Waals surface area contributed by atoms with Gasteiger partial charge in [-0.25, -0.2) is 0 Å². The molecule has 0 unspecified atom stereocenters. The first kappa shape index (κ1) is 19.7. The predicted octanol–water partition coefficient (Wildman–Crippen LogP) is 4.92. The predicted molar refractivity (Wildman–Crippen MR) is 111 cm³/mol. The highest BCUT2D eigenvalue weighted by Gasteiger charge is 2.12. The summed E-state index contributed by atoms with van der Waals surface area (Å²) in [6, 6.07) is 16.5. The molecular weight excluding hydrogens is 352 g/mol. The molecule has 0 saturated heterocycles. The second-order valence-electron chi connectivity index (χ2n) is 6.89. The minimum atomic E-state index is -0.297. The van der Waals surface area contributed by atoms with Crippen molar-refractivity contribution in [1.82, 2.24) is 5.32 Å². The van der Waals surface area contributed by atoms with Gasteiger partial charge in [0.2, 0.25) is 5.91 Å². The largest absolute Gasteiger partial charge is 0.451 e. The lowest BCUT2D eigenvalue weighted by Crippen LogP contribution is -2.26. The third-order valence-corrected chi connectivity index (χ3v) is 4.58. The van der Waals surface area contributed by atoms with Gasteiger partial charge in [0.05, 0.1) is 6.42 Å². The minimum absolute atomic E-state index is 0.0237. The number of nitrogens with one attached hydrogen (secondary N) is 2. The highest BCUT2D eigenvalue weighted by atomic mass is 16.3. The van der Waals surface area contributed by atoms with Gasteiger partial charge >= 0.3 is 0 Å². The molecule has 28 heavy (non-hydrogen) atoms. The molecule has 0 radical (unpaired) electrons. The van der Waals surface area contributed by atoms with Crippen LogP contribution in [0.1, 0.15) is 48.7 Å². The number of carbonyl (C=O) groups excluding carboxylic acids is 2. The maximum absolute atomic E-state index is 12.4. The summed E-state index contributed by atoms with van der Waals surface area (Å²) in [5.41, 5.74) is 2.26. The van der Waals surface area contributed by atoms with E-state index < -0.39 is 0 Å². The number of unbranched alkanes of at least 4 members (excludes halogenated alkanes) is 3. The van der Waals surface area contributed by atoms with Gasteiger partial charge in [0.15, 0.2) is 5.76 Å². The average molecular weight is 378 g/mol. The van der Waals surface area contributed by atoms with E-state index in [0.717, 1.165) is 30.3 Å². The topological polar surface area (TPSA) is 71.3 Å². The summed E-state index contributed by atoms with van der Waals surface area (Å²) in [6.45, 7) is 2.89. The van der Waals surface area contributed by atoms with E-state index in [0.29, 0.717) is 17.7 Å². The molecule has 0 bridgehead atoms. The molecule has 1 heterocycles. The highest BCUT2D eigenvalue weighted by Crippen LogP contribution is 2.20. The van der Waals surface area contributed by atoms with Crippen LogP contribution in [0.5, 0.6) is 0 Å². The Bertz CT molecular complexity index is 895. The molecule has 0 aliphatic heterocycles. The quantitative estimate of drug-likeness (QED) is 0.519. The summed E-state index contributed by atoms with van der Waals surface area (Å²) in [5, 5.41) is 6.66. The molecular formula is C23H26N2O3. The van der Waals surface area contributed by atoms with Crippen LogP contribution in [0.2, 0.25) is 0 Å². The molecule has 1 aromatic heterocycles. The normalized spacial score (nSPS) is 10.8. The summed E-state index contributed by atoms with van der Waals surface area (Å²) in [5.74, 6) is -0.00272. The van der Waals surface area contributed by atoms with Crippen molar-refractivity contribution in [3.8, 4) is 0 Å². The van der Waals surface area contributed by atoms with Crippen LogP contribution in [0.25, 0.3) is 11.0 Å². The minimum Gasteiger partial charge on any atom is -0.451 e. The molecule has 2 amide bonds. The van der Waals surface area contributed by atoms with Crippen LogP contribution in [-0.4, -0.2) is 18.4 Å². The molecule has 2 N–H and O–H groups in total. The van der Waals surface area contributed by atoms with Crippen molar-refractivity contribution < 1.29 is 14.0 Å². The van der Waals surface area contributed by atoms with E-state index in [-0.39, 0.29) is 17.6 Å². The molecule has 3 aromatic rings. The lowest BCUT2D eigenvalue weighted by molar-refractivity contribution is -0.120. The van der Waals surface area contributed by atoms with Gasteiger partial charge < -0.3 is 15.1 Å².